The van der Waals surface area contributed by atoms with Crippen molar-refractivity contribution in [3.63, 3.8) is 0 Å². The summed E-state index contributed by atoms with van der Waals surface area (Å²) in [6.07, 6.45) is 5.02. The number of para-hydroxylation sites is 1. The summed E-state index contributed by atoms with van der Waals surface area (Å²) in [5.74, 6) is 2.50. The smallest absolute Gasteiger partial charge is 0.0707 e. The quantitative estimate of drug-likeness (QED) is 0.155. The summed E-state index contributed by atoms with van der Waals surface area (Å²) >= 11 is 0. The van der Waals surface area contributed by atoms with Crippen molar-refractivity contribution < 1.29 is 0 Å². The summed E-state index contributed by atoms with van der Waals surface area (Å²) in [7, 11) is 0. The Kier molecular flexibility index (Phi) is 9.38. The number of hydrogen-bond acceptors (Lipinski definition) is 1. The topological polar surface area (TPSA) is 3.24 Å². The molecule has 0 heterocycles. The molecule has 0 aliphatic heterocycles. The first kappa shape index (κ1) is 37.6. The van der Waals surface area contributed by atoms with Crippen LogP contribution in [0.3, 0.4) is 0 Å². The van der Waals surface area contributed by atoms with Gasteiger partial charge in [-0.25, -0.2) is 0 Å². The van der Waals surface area contributed by atoms with Gasteiger partial charge in [0.2, 0.25) is 0 Å². The van der Waals surface area contributed by atoms with E-state index in [0.29, 0.717) is 23.7 Å². The third kappa shape index (κ3) is 5.96. The Balaban J connectivity index is 1.23. The van der Waals surface area contributed by atoms with Gasteiger partial charge in [-0.15, -0.1) is 0 Å². The van der Waals surface area contributed by atoms with Crippen LogP contribution in [-0.4, -0.2) is 0 Å². The van der Waals surface area contributed by atoms with Gasteiger partial charge in [0.15, 0.2) is 0 Å². The summed E-state index contributed by atoms with van der Waals surface area (Å²) in [4.78, 5) is 2.54. The molecule has 8 aromatic rings. The third-order valence-electron chi connectivity index (χ3n) is 14.8. The van der Waals surface area contributed by atoms with Gasteiger partial charge in [0.05, 0.1) is 11.1 Å². The first-order valence-corrected chi connectivity index (χ1v) is 22.5. The van der Waals surface area contributed by atoms with Gasteiger partial charge >= 0.3 is 0 Å². The highest BCUT2D eigenvalue weighted by atomic mass is 15.1. The van der Waals surface area contributed by atoms with Crippen molar-refractivity contribution in [1.29, 1.82) is 0 Å². The molecule has 11 rings (SSSR count). The molecule has 3 aliphatic rings. The Morgan fingerprint density at radius 1 is 0.377 bits per heavy atom. The fraction of sp³-hybridized carbons (Fsp3) is 0.200. The van der Waals surface area contributed by atoms with Crippen LogP contribution < -0.4 is 4.90 Å². The summed E-state index contributed by atoms with van der Waals surface area (Å²) in [6, 6.07) is 80.0. The number of hydrogen-bond donors (Lipinski definition) is 0. The zero-order chi connectivity index (χ0) is 41.0. The van der Waals surface area contributed by atoms with E-state index in [2.05, 4.69) is 231 Å². The SMILES string of the molecule is CC1CC2CC(C)CC(C1)C21c2ccccc2C(c2ccccc2)(c2ccccc2)c2ccc(N(c3ccc(-c4ccccc4)cc3)c3ccccc3-c3ccccc3)cc21. The van der Waals surface area contributed by atoms with E-state index in [4.69, 9.17) is 0 Å². The second-order valence-corrected chi connectivity index (χ2v) is 18.3. The Morgan fingerprint density at radius 2 is 0.820 bits per heavy atom. The second kappa shape index (κ2) is 15.2. The van der Waals surface area contributed by atoms with E-state index in [1.165, 1.54) is 87.1 Å². The zero-order valence-corrected chi connectivity index (χ0v) is 35.3. The van der Waals surface area contributed by atoms with E-state index in [1.54, 1.807) is 5.56 Å². The lowest BCUT2D eigenvalue weighted by atomic mass is 9.41. The number of nitrogens with zero attached hydrogens (tertiary/aromatic N) is 1. The summed E-state index contributed by atoms with van der Waals surface area (Å²) in [5, 5.41) is 0. The highest BCUT2D eigenvalue weighted by molar-refractivity contribution is 5.89. The van der Waals surface area contributed by atoms with Crippen molar-refractivity contribution in [2.24, 2.45) is 23.7 Å². The van der Waals surface area contributed by atoms with Crippen LogP contribution in [0.4, 0.5) is 17.1 Å². The third-order valence-corrected chi connectivity index (χ3v) is 14.8. The van der Waals surface area contributed by atoms with Gasteiger partial charge in [-0.1, -0.05) is 196 Å². The van der Waals surface area contributed by atoms with Crippen molar-refractivity contribution >= 4 is 17.1 Å². The molecule has 298 valence electrons. The van der Waals surface area contributed by atoms with Gasteiger partial charge in [-0.2, -0.15) is 0 Å². The molecular weight excluding hydrogens is 735 g/mol. The van der Waals surface area contributed by atoms with Crippen molar-refractivity contribution in [3.05, 3.63) is 246 Å². The molecule has 2 saturated carbocycles. The monoisotopic (exact) mass is 787 g/mol. The predicted molar refractivity (Wildman–Crippen MR) is 255 cm³/mol. The summed E-state index contributed by atoms with van der Waals surface area (Å²) < 4.78 is 0. The van der Waals surface area contributed by atoms with Gasteiger partial charge in [0.1, 0.15) is 0 Å². The van der Waals surface area contributed by atoms with Gasteiger partial charge in [-0.3, -0.25) is 0 Å². The standard InChI is InChI=1S/C60H53N/c1-42-37-49-39-43(2)40-50(38-42)60(49)55-29-17-16-28-54(55)59(47-23-11-5-12-24-47,48-25-13-6-14-26-48)56-36-35-52(41-57(56)60)61(51-33-31-45(32-34-51)44-19-7-3-8-20-44)58-30-18-15-27-53(58)46-21-9-4-10-22-46/h3-36,41-43,49-50H,37-40H2,1-2H3. The Morgan fingerprint density at radius 3 is 1.41 bits per heavy atom. The van der Waals surface area contributed by atoms with Crippen LogP contribution in [0.5, 0.6) is 0 Å². The maximum absolute atomic E-state index is 2.67. The first-order valence-electron chi connectivity index (χ1n) is 22.5. The molecule has 0 radical (unpaired) electrons. The highest BCUT2D eigenvalue weighted by Crippen LogP contribution is 2.67. The molecule has 8 aromatic carbocycles. The van der Waals surface area contributed by atoms with Crippen LogP contribution in [0.1, 0.15) is 72.9 Å². The Bertz CT molecular complexity index is 2720. The molecule has 2 bridgehead atoms. The Labute approximate surface area is 362 Å². The average Bonchev–Trinajstić information content (AvgIpc) is 3.31. The average molecular weight is 788 g/mol. The van der Waals surface area contributed by atoms with E-state index in [9.17, 15) is 0 Å². The van der Waals surface area contributed by atoms with Crippen LogP contribution >= 0.6 is 0 Å². The van der Waals surface area contributed by atoms with E-state index in [0.717, 1.165) is 5.69 Å². The number of benzene rings is 8. The van der Waals surface area contributed by atoms with E-state index in [-0.39, 0.29) is 5.41 Å². The highest BCUT2D eigenvalue weighted by Gasteiger charge is 2.61. The Hall–Kier alpha value is -6.44. The van der Waals surface area contributed by atoms with Crippen molar-refractivity contribution in [2.45, 2.75) is 50.4 Å². The van der Waals surface area contributed by atoms with Crippen LogP contribution in [0, 0.1) is 23.7 Å². The van der Waals surface area contributed by atoms with Crippen molar-refractivity contribution in [3.8, 4) is 22.3 Å². The fourth-order valence-electron chi connectivity index (χ4n) is 12.6. The minimum absolute atomic E-state index is 0.115. The van der Waals surface area contributed by atoms with Crippen LogP contribution in [0.2, 0.25) is 0 Å². The van der Waals surface area contributed by atoms with E-state index >= 15 is 0 Å². The second-order valence-electron chi connectivity index (χ2n) is 18.3. The lowest BCUT2D eigenvalue weighted by Gasteiger charge is -2.62. The van der Waals surface area contributed by atoms with Crippen LogP contribution in [-0.2, 0) is 10.8 Å². The molecule has 1 nitrogen and oxygen atoms in total. The lowest BCUT2D eigenvalue weighted by Crippen LogP contribution is -2.56. The minimum atomic E-state index is -0.495. The zero-order valence-electron chi connectivity index (χ0n) is 35.3. The van der Waals surface area contributed by atoms with E-state index in [1.807, 2.05) is 0 Å². The molecule has 61 heavy (non-hydrogen) atoms. The molecule has 0 unspecified atom stereocenters. The molecule has 1 spiro atoms. The van der Waals surface area contributed by atoms with Crippen LogP contribution in [0.15, 0.2) is 212 Å². The molecule has 0 aromatic heterocycles. The molecule has 0 saturated heterocycles. The number of fused-ring (bicyclic) bond motifs is 2. The van der Waals surface area contributed by atoms with Gasteiger partial charge in [0.25, 0.3) is 0 Å². The first-order chi connectivity index (χ1) is 30.1. The van der Waals surface area contributed by atoms with Crippen LogP contribution in [0.25, 0.3) is 22.3 Å². The molecule has 0 N–H and O–H groups in total. The van der Waals surface area contributed by atoms with Gasteiger partial charge in [0, 0.05) is 22.4 Å². The molecule has 2 fully saturated rings. The van der Waals surface area contributed by atoms with Crippen molar-refractivity contribution in [2.75, 3.05) is 4.90 Å². The molecule has 0 atom stereocenters. The fourth-order valence-corrected chi connectivity index (χ4v) is 12.6. The largest absolute Gasteiger partial charge is 0.310 e. The lowest BCUT2D eigenvalue weighted by molar-refractivity contribution is 0.0238. The normalized spacial score (nSPS) is 22.2. The van der Waals surface area contributed by atoms with E-state index < -0.39 is 5.41 Å². The molecule has 3 aliphatic carbocycles. The summed E-state index contributed by atoms with van der Waals surface area (Å²) in [5.41, 5.74) is 16.4. The number of anilines is 3. The maximum atomic E-state index is 2.67. The van der Waals surface area contributed by atoms with Gasteiger partial charge < -0.3 is 4.90 Å². The van der Waals surface area contributed by atoms with Crippen molar-refractivity contribution in [1.82, 2.24) is 0 Å². The molecule has 1 heteroatoms. The minimum Gasteiger partial charge on any atom is -0.310 e. The number of rotatable bonds is 7. The summed E-state index contributed by atoms with van der Waals surface area (Å²) in [6.45, 7) is 5.04. The maximum Gasteiger partial charge on any atom is 0.0707 e. The molecule has 0 amide bonds. The molecular formula is C60H53N. The predicted octanol–water partition coefficient (Wildman–Crippen LogP) is 15.6. The van der Waals surface area contributed by atoms with Gasteiger partial charge in [-0.05, 0) is 130 Å².